The Kier molecular flexibility index (Phi) is 7.24. The molecule has 4 aromatic heterocycles. The van der Waals surface area contributed by atoms with Gasteiger partial charge in [0.2, 0.25) is 5.95 Å². The predicted molar refractivity (Wildman–Crippen MR) is 250 cm³/mol. The molecule has 0 unspecified atom stereocenters. The fourth-order valence-electron chi connectivity index (χ4n) is 9.33. The Labute approximate surface area is 349 Å². The number of fused-ring (bicyclic) bond motifs is 11. The fraction of sp³-hybridized carbons (Fsp3) is 0. The SMILES string of the molecule is c1ccc(-c2ccc(-c3ccc(-c4nc(-n5c6ccc(-c7cccc8c7oc7ccccc78)cc6c6c7oc8ccccc8c7ccc65)nc5ccccc45)cc3)cc2)cc1. The van der Waals surface area contributed by atoms with E-state index in [1.807, 2.05) is 36.4 Å². The van der Waals surface area contributed by atoms with Crippen LogP contribution in [0.3, 0.4) is 0 Å². The molecule has 13 aromatic rings. The number of furan rings is 2. The molecule has 284 valence electrons. The van der Waals surface area contributed by atoms with Crippen LogP contribution in [0.4, 0.5) is 0 Å². The van der Waals surface area contributed by atoms with Crippen molar-refractivity contribution in [2.24, 2.45) is 0 Å². The van der Waals surface area contributed by atoms with Crippen molar-refractivity contribution in [3.63, 3.8) is 0 Å². The molecule has 0 amide bonds. The standard InChI is InChI=1S/C56H33N3O2/c1-2-11-34(12-3-1)35-21-23-36(24-22-35)37-25-27-38(28-26-37)53-45-15-4-7-18-47(45)57-56(58-53)59-48-31-29-39(40-16-10-17-43-41-13-5-8-19-50(41)60-54(40)43)33-46(48)52-49(59)32-30-44-42-14-6-9-20-51(42)61-55(44)52/h1-33H. The molecule has 0 radical (unpaired) electrons. The minimum absolute atomic E-state index is 0.594. The second-order valence-corrected chi connectivity index (χ2v) is 15.7. The molecule has 5 nitrogen and oxygen atoms in total. The molecular formula is C56H33N3O2. The maximum Gasteiger partial charge on any atom is 0.235 e. The molecule has 0 spiro atoms. The zero-order valence-electron chi connectivity index (χ0n) is 32.7. The molecule has 0 aliphatic rings. The van der Waals surface area contributed by atoms with Crippen molar-refractivity contribution in [2.45, 2.75) is 0 Å². The zero-order valence-corrected chi connectivity index (χ0v) is 32.7. The first kappa shape index (κ1) is 33.7. The Morgan fingerprint density at radius 1 is 0.344 bits per heavy atom. The number of nitrogens with zero attached hydrogens (tertiary/aromatic N) is 3. The number of hydrogen-bond acceptors (Lipinski definition) is 4. The first-order valence-corrected chi connectivity index (χ1v) is 20.6. The summed E-state index contributed by atoms with van der Waals surface area (Å²) in [5, 5.41) is 7.42. The lowest BCUT2D eigenvalue weighted by atomic mass is 9.98. The van der Waals surface area contributed by atoms with Crippen LogP contribution in [-0.4, -0.2) is 14.5 Å². The van der Waals surface area contributed by atoms with Crippen LogP contribution in [0.25, 0.3) is 127 Å². The minimum Gasteiger partial charge on any atom is -0.455 e. The molecule has 9 aromatic carbocycles. The Morgan fingerprint density at radius 3 is 1.61 bits per heavy atom. The van der Waals surface area contributed by atoms with E-state index in [9.17, 15) is 0 Å². The van der Waals surface area contributed by atoms with Gasteiger partial charge in [-0.25, -0.2) is 9.97 Å². The molecule has 5 heteroatoms. The van der Waals surface area contributed by atoms with Gasteiger partial charge in [-0.1, -0.05) is 158 Å². The van der Waals surface area contributed by atoms with E-state index in [1.54, 1.807) is 0 Å². The summed E-state index contributed by atoms with van der Waals surface area (Å²) in [6, 6.07) is 70.2. The molecule has 4 heterocycles. The number of aromatic nitrogens is 3. The van der Waals surface area contributed by atoms with Crippen molar-refractivity contribution in [3.05, 3.63) is 200 Å². The van der Waals surface area contributed by atoms with Crippen LogP contribution in [0, 0.1) is 0 Å². The number of hydrogen-bond donors (Lipinski definition) is 0. The number of benzene rings is 9. The minimum atomic E-state index is 0.594. The maximum atomic E-state index is 6.75. The summed E-state index contributed by atoms with van der Waals surface area (Å²) in [5.74, 6) is 0.594. The van der Waals surface area contributed by atoms with Crippen LogP contribution in [0.15, 0.2) is 209 Å². The molecule has 0 saturated heterocycles. The highest BCUT2D eigenvalue weighted by molar-refractivity contribution is 6.24. The Hall–Kier alpha value is -8.28. The normalized spacial score (nSPS) is 11.9. The largest absolute Gasteiger partial charge is 0.455 e. The van der Waals surface area contributed by atoms with E-state index in [0.29, 0.717) is 5.95 Å². The van der Waals surface area contributed by atoms with Gasteiger partial charge in [0.15, 0.2) is 0 Å². The summed E-state index contributed by atoms with van der Waals surface area (Å²) in [4.78, 5) is 10.7. The average Bonchev–Trinajstić information content (AvgIpc) is 4.01. The third-order valence-electron chi connectivity index (χ3n) is 12.3. The van der Waals surface area contributed by atoms with Gasteiger partial charge in [0.25, 0.3) is 0 Å². The molecular weight excluding hydrogens is 747 g/mol. The molecule has 0 fully saturated rings. The summed E-state index contributed by atoms with van der Waals surface area (Å²) in [5.41, 5.74) is 15.0. The maximum absolute atomic E-state index is 6.75. The van der Waals surface area contributed by atoms with E-state index >= 15 is 0 Å². The van der Waals surface area contributed by atoms with Gasteiger partial charge in [0.1, 0.15) is 22.3 Å². The van der Waals surface area contributed by atoms with Crippen LogP contribution in [0.5, 0.6) is 0 Å². The lowest BCUT2D eigenvalue weighted by molar-refractivity contribution is 0.670. The molecule has 0 aliphatic carbocycles. The van der Waals surface area contributed by atoms with E-state index in [4.69, 9.17) is 18.8 Å². The van der Waals surface area contributed by atoms with Crippen molar-refractivity contribution >= 4 is 76.6 Å². The van der Waals surface area contributed by atoms with Gasteiger partial charge in [-0.15, -0.1) is 0 Å². The van der Waals surface area contributed by atoms with Crippen LogP contribution in [-0.2, 0) is 0 Å². The van der Waals surface area contributed by atoms with Crippen LogP contribution >= 0.6 is 0 Å². The third kappa shape index (κ3) is 5.21. The smallest absolute Gasteiger partial charge is 0.235 e. The molecule has 0 saturated carbocycles. The fourth-order valence-corrected chi connectivity index (χ4v) is 9.33. The van der Waals surface area contributed by atoms with E-state index in [2.05, 4.69) is 168 Å². The molecule has 0 bridgehead atoms. The van der Waals surface area contributed by atoms with Crippen molar-refractivity contribution in [1.29, 1.82) is 0 Å². The van der Waals surface area contributed by atoms with Crippen molar-refractivity contribution in [2.75, 3.05) is 0 Å². The summed E-state index contributed by atoms with van der Waals surface area (Å²) >= 11 is 0. The molecule has 61 heavy (non-hydrogen) atoms. The highest BCUT2D eigenvalue weighted by Gasteiger charge is 2.23. The van der Waals surface area contributed by atoms with E-state index < -0.39 is 0 Å². The Bertz CT molecular complexity index is 3860. The van der Waals surface area contributed by atoms with Gasteiger partial charge >= 0.3 is 0 Å². The monoisotopic (exact) mass is 779 g/mol. The van der Waals surface area contributed by atoms with Crippen LogP contribution < -0.4 is 0 Å². The van der Waals surface area contributed by atoms with Gasteiger partial charge < -0.3 is 8.83 Å². The van der Waals surface area contributed by atoms with Crippen LogP contribution in [0.1, 0.15) is 0 Å². The number of para-hydroxylation sites is 4. The lowest BCUT2D eigenvalue weighted by Crippen LogP contribution is -2.03. The summed E-state index contributed by atoms with van der Waals surface area (Å²) in [7, 11) is 0. The van der Waals surface area contributed by atoms with Gasteiger partial charge in [0.05, 0.1) is 27.6 Å². The number of rotatable bonds is 5. The predicted octanol–water partition coefficient (Wildman–Crippen LogP) is 15.2. The van der Waals surface area contributed by atoms with Crippen molar-refractivity contribution < 1.29 is 8.83 Å². The van der Waals surface area contributed by atoms with E-state index in [1.165, 1.54) is 11.1 Å². The van der Waals surface area contributed by atoms with Gasteiger partial charge in [-0.05, 0) is 70.3 Å². The van der Waals surface area contributed by atoms with E-state index in [0.717, 1.165) is 110 Å². The van der Waals surface area contributed by atoms with Gasteiger partial charge in [-0.2, -0.15) is 0 Å². The molecule has 0 aliphatic heterocycles. The highest BCUT2D eigenvalue weighted by Crippen LogP contribution is 2.43. The summed E-state index contributed by atoms with van der Waals surface area (Å²) in [6.45, 7) is 0. The summed E-state index contributed by atoms with van der Waals surface area (Å²) < 4.78 is 15.5. The van der Waals surface area contributed by atoms with Gasteiger partial charge in [0, 0.05) is 43.4 Å². The van der Waals surface area contributed by atoms with Crippen molar-refractivity contribution in [3.8, 4) is 50.6 Å². The van der Waals surface area contributed by atoms with Crippen LogP contribution in [0.2, 0.25) is 0 Å². The topological polar surface area (TPSA) is 57.0 Å². The Balaban J connectivity index is 1.01. The molecule has 0 atom stereocenters. The molecule has 13 rings (SSSR count). The van der Waals surface area contributed by atoms with Gasteiger partial charge in [-0.3, -0.25) is 4.57 Å². The first-order chi connectivity index (χ1) is 30.2. The van der Waals surface area contributed by atoms with E-state index in [-0.39, 0.29) is 0 Å². The second kappa shape index (κ2) is 13.1. The molecule has 0 N–H and O–H groups in total. The zero-order chi connectivity index (χ0) is 40.0. The Morgan fingerprint density at radius 2 is 0.885 bits per heavy atom. The van der Waals surface area contributed by atoms with Crippen molar-refractivity contribution in [1.82, 2.24) is 14.5 Å². The highest BCUT2D eigenvalue weighted by atomic mass is 16.3. The lowest BCUT2D eigenvalue weighted by Gasteiger charge is -2.12. The second-order valence-electron chi connectivity index (χ2n) is 15.7. The quantitative estimate of drug-likeness (QED) is 0.175. The average molecular weight is 780 g/mol. The third-order valence-corrected chi connectivity index (χ3v) is 12.3. The first-order valence-electron chi connectivity index (χ1n) is 20.6. The summed E-state index contributed by atoms with van der Waals surface area (Å²) in [6.07, 6.45) is 0.